The third-order valence-corrected chi connectivity index (χ3v) is 5.60. The summed E-state index contributed by atoms with van der Waals surface area (Å²) in [5.41, 5.74) is 6.30. The van der Waals surface area contributed by atoms with Gasteiger partial charge in [-0.15, -0.1) is 5.10 Å². The summed E-state index contributed by atoms with van der Waals surface area (Å²) in [6.45, 7) is 10.0. The van der Waals surface area contributed by atoms with E-state index in [2.05, 4.69) is 57.0 Å². The average molecular weight is 441 g/mol. The van der Waals surface area contributed by atoms with Gasteiger partial charge in [-0.05, 0) is 72.2 Å². The topological polar surface area (TPSA) is 85.6 Å². The molecule has 2 aromatic heterocycles. The van der Waals surface area contributed by atoms with Gasteiger partial charge in [0.25, 0.3) is 5.91 Å². The van der Waals surface area contributed by atoms with Crippen molar-refractivity contribution >= 4 is 5.91 Å². The lowest BCUT2D eigenvalue weighted by molar-refractivity contribution is 0.0940. The third kappa shape index (κ3) is 4.98. The Balaban J connectivity index is 1.73. The highest BCUT2D eigenvalue weighted by Gasteiger charge is 2.18. The minimum atomic E-state index is -0.184. The molecule has 1 N–H and O–H groups in total. The summed E-state index contributed by atoms with van der Waals surface area (Å²) < 4.78 is 1.70. The standard InChI is InChI=1S/C26H28N6O/c1-16(2)25-29-30-31-32(25)24-13-22(20-9-6-17(3)7-10-20)12-23(14-24)26(33)28-19(5)21-11-8-18(4)27-15-21/h6-16,19H,1-5H3,(H,28,33). The number of carbonyl (C=O) groups excluding carboxylic acids is 1. The molecule has 33 heavy (non-hydrogen) atoms. The quantitative estimate of drug-likeness (QED) is 0.458. The molecule has 0 saturated heterocycles. The van der Waals surface area contributed by atoms with Crippen LogP contribution >= 0.6 is 0 Å². The van der Waals surface area contributed by atoms with Gasteiger partial charge in [0.15, 0.2) is 5.82 Å². The summed E-state index contributed by atoms with van der Waals surface area (Å²) in [4.78, 5) is 17.6. The Morgan fingerprint density at radius 2 is 1.70 bits per heavy atom. The minimum absolute atomic E-state index is 0.134. The van der Waals surface area contributed by atoms with Crippen LogP contribution in [0.2, 0.25) is 0 Å². The molecule has 0 bridgehead atoms. The van der Waals surface area contributed by atoms with Crippen molar-refractivity contribution in [2.75, 3.05) is 0 Å². The maximum Gasteiger partial charge on any atom is 0.251 e. The van der Waals surface area contributed by atoms with Crippen LogP contribution in [0.3, 0.4) is 0 Å². The van der Waals surface area contributed by atoms with Gasteiger partial charge in [-0.2, -0.15) is 4.68 Å². The van der Waals surface area contributed by atoms with Crippen LogP contribution < -0.4 is 5.32 Å². The molecule has 4 aromatic rings. The van der Waals surface area contributed by atoms with Gasteiger partial charge >= 0.3 is 0 Å². The molecule has 7 nitrogen and oxygen atoms in total. The number of hydrogen-bond acceptors (Lipinski definition) is 5. The first-order chi connectivity index (χ1) is 15.8. The van der Waals surface area contributed by atoms with E-state index in [4.69, 9.17) is 0 Å². The number of carbonyl (C=O) groups is 1. The van der Waals surface area contributed by atoms with E-state index in [1.165, 1.54) is 5.56 Å². The first-order valence-corrected chi connectivity index (χ1v) is 11.1. The Labute approximate surface area is 193 Å². The van der Waals surface area contributed by atoms with Gasteiger partial charge in [0.05, 0.1) is 11.7 Å². The Morgan fingerprint density at radius 3 is 2.36 bits per heavy atom. The summed E-state index contributed by atoms with van der Waals surface area (Å²) in [5.74, 6) is 0.702. The maximum absolute atomic E-state index is 13.3. The fourth-order valence-corrected chi connectivity index (χ4v) is 3.61. The van der Waals surface area contributed by atoms with Gasteiger partial charge in [0, 0.05) is 23.4 Å². The van der Waals surface area contributed by atoms with Gasteiger partial charge in [0.1, 0.15) is 0 Å². The van der Waals surface area contributed by atoms with Crippen LogP contribution in [0.1, 0.15) is 65.7 Å². The fourth-order valence-electron chi connectivity index (χ4n) is 3.61. The molecular weight excluding hydrogens is 412 g/mol. The number of aryl methyl sites for hydroxylation is 2. The lowest BCUT2D eigenvalue weighted by Gasteiger charge is -2.16. The Bertz CT molecular complexity index is 1260. The number of amides is 1. The molecule has 2 aromatic carbocycles. The molecule has 7 heteroatoms. The molecule has 0 aliphatic rings. The molecule has 1 atom stereocenters. The second kappa shape index (κ2) is 9.32. The van der Waals surface area contributed by atoms with Gasteiger partial charge in [-0.1, -0.05) is 49.7 Å². The van der Waals surface area contributed by atoms with Crippen molar-refractivity contribution in [1.82, 2.24) is 30.5 Å². The molecule has 4 rings (SSSR count). The number of nitrogens with one attached hydrogen (secondary N) is 1. The van der Waals surface area contributed by atoms with Crippen molar-refractivity contribution in [3.8, 4) is 16.8 Å². The van der Waals surface area contributed by atoms with Gasteiger partial charge in [0.2, 0.25) is 0 Å². The van der Waals surface area contributed by atoms with Crippen LogP contribution in [0.4, 0.5) is 0 Å². The van der Waals surface area contributed by atoms with Crippen LogP contribution in [-0.4, -0.2) is 31.1 Å². The van der Waals surface area contributed by atoms with Crippen LogP contribution in [-0.2, 0) is 0 Å². The molecule has 1 unspecified atom stereocenters. The number of nitrogens with zero attached hydrogens (tertiary/aromatic N) is 5. The highest BCUT2D eigenvalue weighted by Crippen LogP contribution is 2.26. The van der Waals surface area contributed by atoms with Crippen molar-refractivity contribution in [1.29, 1.82) is 0 Å². The molecule has 2 heterocycles. The molecule has 0 fully saturated rings. The normalized spacial score (nSPS) is 12.1. The van der Waals surface area contributed by atoms with E-state index in [0.29, 0.717) is 5.56 Å². The predicted octanol–water partition coefficient (Wildman–Crippen LogP) is 4.96. The summed E-state index contributed by atoms with van der Waals surface area (Å²) in [5, 5.41) is 15.3. The number of rotatable bonds is 6. The molecule has 0 spiro atoms. The van der Waals surface area contributed by atoms with Gasteiger partial charge < -0.3 is 5.32 Å². The first kappa shape index (κ1) is 22.3. The SMILES string of the molecule is Cc1ccc(-c2cc(C(=O)NC(C)c3ccc(C)nc3)cc(-n3nnnc3C(C)C)c2)cc1. The van der Waals surface area contributed by atoms with E-state index >= 15 is 0 Å². The number of aromatic nitrogens is 5. The van der Waals surface area contributed by atoms with Crippen molar-refractivity contribution in [3.63, 3.8) is 0 Å². The summed E-state index contributed by atoms with van der Waals surface area (Å²) >= 11 is 0. The zero-order chi connectivity index (χ0) is 23.5. The van der Waals surface area contributed by atoms with Crippen molar-refractivity contribution in [2.45, 2.75) is 46.6 Å². The molecule has 0 aliphatic heterocycles. The zero-order valence-corrected chi connectivity index (χ0v) is 19.6. The molecule has 0 aliphatic carbocycles. The van der Waals surface area contributed by atoms with E-state index in [1.54, 1.807) is 10.9 Å². The molecule has 168 valence electrons. The van der Waals surface area contributed by atoms with Crippen LogP contribution in [0, 0.1) is 13.8 Å². The summed E-state index contributed by atoms with van der Waals surface area (Å²) in [6.07, 6.45) is 1.80. The second-order valence-corrected chi connectivity index (χ2v) is 8.67. The predicted molar refractivity (Wildman–Crippen MR) is 128 cm³/mol. The number of hydrogen-bond donors (Lipinski definition) is 1. The Kier molecular flexibility index (Phi) is 6.31. The van der Waals surface area contributed by atoms with E-state index in [1.807, 2.05) is 58.0 Å². The Hall–Kier alpha value is -3.87. The van der Waals surface area contributed by atoms with Gasteiger partial charge in [-0.3, -0.25) is 9.78 Å². The summed E-state index contributed by atoms with van der Waals surface area (Å²) in [7, 11) is 0. The number of pyridine rings is 1. The Morgan fingerprint density at radius 1 is 0.939 bits per heavy atom. The third-order valence-electron chi connectivity index (χ3n) is 5.60. The van der Waals surface area contributed by atoms with E-state index in [-0.39, 0.29) is 17.9 Å². The first-order valence-electron chi connectivity index (χ1n) is 11.1. The largest absolute Gasteiger partial charge is 0.345 e. The van der Waals surface area contributed by atoms with E-state index in [9.17, 15) is 4.79 Å². The molecule has 1 amide bonds. The van der Waals surface area contributed by atoms with Crippen molar-refractivity contribution < 1.29 is 4.79 Å². The highest BCUT2D eigenvalue weighted by atomic mass is 16.1. The lowest BCUT2D eigenvalue weighted by atomic mass is 10.00. The monoisotopic (exact) mass is 440 g/mol. The van der Waals surface area contributed by atoms with Crippen LogP contribution in [0.15, 0.2) is 60.8 Å². The fraction of sp³-hybridized carbons (Fsp3) is 0.269. The van der Waals surface area contributed by atoms with E-state index < -0.39 is 0 Å². The second-order valence-electron chi connectivity index (χ2n) is 8.67. The van der Waals surface area contributed by atoms with Crippen LogP contribution in [0.5, 0.6) is 0 Å². The van der Waals surface area contributed by atoms with Crippen molar-refractivity contribution in [3.05, 3.63) is 89.0 Å². The van der Waals surface area contributed by atoms with Gasteiger partial charge in [-0.25, -0.2) is 0 Å². The van der Waals surface area contributed by atoms with E-state index in [0.717, 1.165) is 33.9 Å². The molecule has 0 saturated carbocycles. The molecular formula is C26H28N6O. The lowest BCUT2D eigenvalue weighted by Crippen LogP contribution is -2.27. The van der Waals surface area contributed by atoms with Crippen molar-refractivity contribution in [2.24, 2.45) is 0 Å². The summed E-state index contributed by atoms with van der Waals surface area (Å²) in [6, 6.07) is 17.7. The highest BCUT2D eigenvalue weighted by molar-refractivity contribution is 5.96. The maximum atomic E-state index is 13.3. The minimum Gasteiger partial charge on any atom is -0.345 e. The average Bonchev–Trinajstić information content (AvgIpc) is 3.30. The smallest absolute Gasteiger partial charge is 0.251 e. The number of benzene rings is 2. The molecule has 0 radical (unpaired) electrons. The number of tetrazole rings is 1. The zero-order valence-electron chi connectivity index (χ0n) is 19.6. The van der Waals surface area contributed by atoms with Crippen LogP contribution in [0.25, 0.3) is 16.8 Å².